The van der Waals surface area contributed by atoms with Crippen molar-refractivity contribution in [3.63, 3.8) is 0 Å². The average Bonchev–Trinajstić information content (AvgIpc) is 2.71. The fourth-order valence-electron chi connectivity index (χ4n) is 1.57. The smallest absolute Gasteiger partial charge is 0.305 e. The van der Waals surface area contributed by atoms with Crippen molar-refractivity contribution in [3.05, 3.63) is 23.8 Å². The van der Waals surface area contributed by atoms with E-state index in [0.29, 0.717) is 12.4 Å². The van der Waals surface area contributed by atoms with E-state index in [4.69, 9.17) is 5.11 Å². The molecule has 0 spiro atoms. The van der Waals surface area contributed by atoms with E-state index >= 15 is 0 Å². The summed E-state index contributed by atoms with van der Waals surface area (Å²) in [5.74, 6) is -0.124. The molecule has 0 amide bonds. The van der Waals surface area contributed by atoms with Crippen molar-refractivity contribution in [1.82, 2.24) is 10.2 Å². The standard InChI is InChI=1S/C11H12BrN3O2/c12-6-7-1-2-8-9(5-7)14-15-11(8)13-4-3-10(16)17/h1-2,5H,3-4,6H2,(H,16,17)(H2,13,14,15). The summed E-state index contributed by atoms with van der Waals surface area (Å²) in [5.41, 5.74) is 2.11. The summed E-state index contributed by atoms with van der Waals surface area (Å²) in [5, 5.41) is 20.4. The third-order valence-electron chi connectivity index (χ3n) is 2.41. The second kappa shape index (κ2) is 5.18. The van der Waals surface area contributed by atoms with E-state index in [0.717, 1.165) is 16.2 Å². The fraction of sp³-hybridized carbons (Fsp3) is 0.273. The van der Waals surface area contributed by atoms with Crippen molar-refractivity contribution in [1.29, 1.82) is 0 Å². The zero-order valence-electron chi connectivity index (χ0n) is 9.03. The summed E-state index contributed by atoms with van der Waals surface area (Å²) in [7, 11) is 0. The SMILES string of the molecule is O=C(O)CCNc1n[nH]c2cc(CBr)ccc12. The number of rotatable bonds is 5. The molecule has 0 aliphatic rings. The van der Waals surface area contributed by atoms with E-state index in [1.807, 2.05) is 18.2 Å². The van der Waals surface area contributed by atoms with E-state index in [2.05, 4.69) is 31.4 Å². The highest BCUT2D eigenvalue weighted by Crippen LogP contribution is 2.22. The van der Waals surface area contributed by atoms with E-state index in [-0.39, 0.29) is 6.42 Å². The Morgan fingerprint density at radius 1 is 1.53 bits per heavy atom. The maximum Gasteiger partial charge on any atom is 0.305 e. The van der Waals surface area contributed by atoms with Gasteiger partial charge in [-0.1, -0.05) is 22.0 Å². The van der Waals surface area contributed by atoms with Crippen molar-refractivity contribution in [2.75, 3.05) is 11.9 Å². The molecule has 0 saturated carbocycles. The summed E-state index contributed by atoms with van der Waals surface area (Å²) in [6.45, 7) is 0.371. The average molecular weight is 298 g/mol. The highest BCUT2D eigenvalue weighted by molar-refractivity contribution is 9.08. The summed E-state index contributed by atoms with van der Waals surface area (Å²) >= 11 is 3.39. The molecular formula is C11H12BrN3O2. The largest absolute Gasteiger partial charge is 0.481 e. The van der Waals surface area contributed by atoms with Gasteiger partial charge in [-0.15, -0.1) is 0 Å². The van der Waals surface area contributed by atoms with Gasteiger partial charge in [-0.2, -0.15) is 5.10 Å². The number of carbonyl (C=O) groups is 1. The Morgan fingerprint density at radius 2 is 2.35 bits per heavy atom. The van der Waals surface area contributed by atoms with Gasteiger partial charge in [0.15, 0.2) is 5.82 Å². The van der Waals surface area contributed by atoms with E-state index in [1.54, 1.807) is 0 Å². The molecule has 6 heteroatoms. The molecule has 0 aliphatic carbocycles. The van der Waals surface area contributed by atoms with Gasteiger partial charge in [-0.3, -0.25) is 9.89 Å². The quantitative estimate of drug-likeness (QED) is 0.740. The third kappa shape index (κ3) is 2.76. The molecule has 1 aromatic carbocycles. The van der Waals surface area contributed by atoms with Gasteiger partial charge in [0.25, 0.3) is 0 Å². The molecule has 90 valence electrons. The van der Waals surface area contributed by atoms with Crippen LogP contribution in [0.25, 0.3) is 10.9 Å². The van der Waals surface area contributed by atoms with Crippen molar-refractivity contribution in [2.24, 2.45) is 0 Å². The van der Waals surface area contributed by atoms with Crippen LogP contribution in [0, 0.1) is 0 Å². The number of H-pyrrole nitrogens is 1. The molecule has 17 heavy (non-hydrogen) atoms. The van der Waals surface area contributed by atoms with Crippen LogP contribution in [-0.2, 0) is 10.1 Å². The Labute approximate surface area is 106 Å². The highest BCUT2D eigenvalue weighted by Gasteiger charge is 2.06. The lowest BCUT2D eigenvalue weighted by Crippen LogP contribution is -2.07. The fourth-order valence-corrected chi connectivity index (χ4v) is 1.92. The number of nitrogens with zero attached hydrogens (tertiary/aromatic N) is 1. The van der Waals surface area contributed by atoms with Crippen LogP contribution in [0.5, 0.6) is 0 Å². The molecule has 1 heterocycles. The lowest BCUT2D eigenvalue weighted by atomic mass is 10.2. The monoisotopic (exact) mass is 297 g/mol. The first-order chi connectivity index (χ1) is 8.20. The van der Waals surface area contributed by atoms with E-state index in [9.17, 15) is 4.79 Å². The van der Waals surface area contributed by atoms with Crippen LogP contribution in [-0.4, -0.2) is 27.8 Å². The van der Waals surface area contributed by atoms with Gasteiger partial charge >= 0.3 is 5.97 Å². The van der Waals surface area contributed by atoms with Gasteiger partial charge in [0.05, 0.1) is 11.9 Å². The molecule has 0 radical (unpaired) electrons. The molecule has 3 N–H and O–H groups in total. The summed E-state index contributed by atoms with van der Waals surface area (Å²) < 4.78 is 0. The number of fused-ring (bicyclic) bond motifs is 1. The lowest BCUT2D eigenvalue weighted by molar-refractivity contribution is -0.136. The molecule has 0 bridgehead atoms. The van der Waals surface area contributed by atoms with Gasteiger partial charge in [0.1, 0.15) is 0 Å². The molecule has 2 rings (SSSR count). The summed E-state index contributed by atoms with van der Waals surface area (Å²) in [6, 6.07) is 5.99. The van der Waals surface area contributed by atoms with Crippen LogP contribution in [0.15, 0.2) is 18.2 Å². The van der Waals surface area contributed by atoms with Gasteiger partial charge in [-0.05, 0) is 17.7 Å². The molecule has 2 aromatic rings. The second-order valence-electron chi connectivity index (χ2n) is 3.66. The Bertz CT molecular complexity index is 538. The minimum Gasteiger partial charge on any atom is -0.481 e. The molecule has 0 saturated heterocycles. The zero-order chi connectivity index (χ0) is 12.3. The Kier molecular flexibility index (Phi) is 3.63. The number of carboxylic acid groups (broad SMARTS) is 1. The minimum absolute atomic E-state index is 0.0772. The van der Waals surface area contributed by atoms with Crippen LogP contribution >= 0.6 is 15.9 Å². The number of hydrogen-bond donors (Lipinski definition) is 3. The normalized spacial score (nSPS) is 10.6. The number of aliphatic carboxylic acids is 1. The van der Waals surface area contributed by atoms with Gasteiger partial charge in [-0.25, -0.2) is 0 Å². The van der Waals surface area contributed by atoms with Gasteiger partial charge in [0.2, 0.25) is 0 Å². The van der Waals surface area contributed by atoms with Crippen molar-refractivity contribution in [3.8, 4) is 0 Å². The van der Waals surface area contributed by atoms with Gasteiger partial charge in [0, 0.05) is 17.3 Å². The molecule has 0 fully saturated rings. The number of aromatic amines is 1. The molecule has 0 aliphatic heterocycles. The van der Waals surface area contributed by atoms with Crippen molar-refractivity contribution >= 4 is 38.6 Å². The topological polar surface area (TPSA) is 78.0 Å². The number of halogens is 1. The minimum atomic E-state index is -0.820. The van der Waals surface area contributed by atoms with Gasteiger partial charge < -0.3 is 10.4 Å². The van der Waals surface area contributed by atoms with Crippen LogP contribution in [0.2, 0.25) is 0 Å². The molecule has 1 aromatic heterocycles. The predicted molar refractivity (Wildman–Crippen MR) is 69.5 cm³/mol. The molecular weight excluding hydrogens is 286 g/mol. The molecule has 0 unspecified atom stereocenters. The van der Waals surface area contributed by atoms with Crippen molar-refractivity contribution in [2.45, 2.75) is 11.8 Å². The number of nitrogens with one attached hydrogen (secondary N) is 2. The first-order valence-corrected chi connectivity index (χ1v) is 6.31. The number of carboxylic acids is 1. The highest BCUT2D eigenvalue weighted by atomic mass is 79.9. The Hall–Kier alpha value is -1.56. The zero-order valence-corrected chi connectivity index (χ0v) is 10.6. The summed E-state index contributed by atoms with van der Waals surface area (Å²) in [4.78, 5) is 10.4. The molecule has 0 atom stereocenters. The molecule has 5 nitrogen and oxygen atoms in total. The Morgan fingerprint density at radius 3 is 3.06 bits per heavy atom. The number of anilines is 1. The second-order valence-corrected chi connectivity index (χ2v) is 4.22. The van der Waals surface area contributed by atoms with Crippen LogP contribution < -0.4 is 5.32 Å². The first-order valence-electron chi connectivity index (χ1n) is 5.19. The lowest BCUT2D eigenvalue weighted by Gasteiger charge is -2.01. The number of alkyl halides is 1. The van der Waals surface area contributed by atoms with Crippen LogP contribution in [0.4, 0.5) is 5.82 Å². The van der Waals surface area contributed by atoms with Crippen molar-refractivity contribution < 1.29 is 9.90 Å². The summed E-state index contributed by atoms with van der Waals surface area (Å²) in [6.07, 6.45) is 0.0772. The maximum atomic E-state index is 10.4. The van der Waals surface area contributed by atoms with Crippen LogP contribution in [0.3, 0.4) is 0 Å². The number of hydrogen-bond acceptors (Lipinski definition) is 3. The van der Waals surface area contributed by atoms with E-state index in [1.165, 1.54) is 5.56 Å². The Balaban J connectivity index is 2.16. The predicted octanol–water partition coefficient (Wildman–Crippen LogP) is 2.34. The number of benzene rings is 1. The van der Waals surface area contributed by atoms with Crippen LogP contribution in [0.1, 0.15) is 12.0 Å². The first kappa shape index (κ1) is 11.9. The maximum absolute atomic E-state index is 10.4. The van der Waals surface area contributed by atoms with E-state index < -0.39 is 5.97 Å². The third-order valence-corrected chi connectivity index (χ3v) is 3.06. The number of aromatic nitrogens is 2.